The number of rotatable bonds is 6. The predicted molar refractivity (Wildman–Crippen MR) is 75.5 cm³/mol. The van der Waals surface area contributed by atoms with Crippen LogP contribution in [0.2, 0.25) is 0 Å². The molecule has 6 nitrogen and oxygen atoms in total. The van der Waals surface area contributed by atoms with Crippen LogP contribution < -0.4 is 5.32 Å². The highest BCUT2D eigenvalue weighted by molar-refractivity contribution is 5.84. The number of carboxylic acid groups (broad SMARTS) is 1. The average molecular weight is 281 g/mol. The van der Waals surface area contributed by atoms with E-state index in [9.17, 15) is 9.59 Å². The smallest absolute Gasteiger partial charge is 0.325 e. The first kappa shape index (κ1) is 16.2. The molecule has 0 saturated heterocycles. The van der Waals surface area contributed by atoms with Gasteiger partial charge in [-0.25, -0.2) is 0 Å². The molecule has 0 aromatic carbocycles. The highest BCUT2D eigenvalue weighted by Crippen LogP contribution is 2.15. The molecule has 0 aliphatic rings. The molecule has 0 saturated carbocycles. The molecule has 1 atom stereocenters. The molecular weight excluding hydrogens is 258 g/mol. The second-order valence-electron chi connectivity index (χ2n) is 5.53. The lowest BCUT2D eigenvalue weighted by molar-refractivity contribution is -0.141. The van der Waals surface area contributed by atoms with E-state index >= 15 is 0 Å². The van der Waals surface area contributed by atoms with E-state index in [2.05, 4.69) is 24.3 Å². The van der Waals surface area contributed by atoms with Crippen LogP contribution in [0.4, 0.5) is 0 Å². The number of aryl methyl sites for hydroxylation is 1. The Morgan fingerprint density at radius 1 is 1.30 bits per heavy atom. The van der Waals surface area contributed by atoms with Crippen molar-refractivity contribution in [1.82, 2.24) is 15.1 Å². The Bertz CT molecular complexity index is 506. The summed E-state index contributed by atoms with van der Waals surface area (Å²) in [6, 6.07) is -0.881. The Morgan fingerprint density at radius 2 is 1.90 bits per heavy atom. The minimum Gasteiger partial charge on any atom is -0.480 e. The summed E-state index contributed by atoms with van der Waals surface area (Å²) in [5.74, 6) is -0.862. The number of nitrogens with zero attached hydrogens (tertiary/aromatic N) is 2. The van der Waals surface area contributed by atoms with Crippen LogP contribution in [0.1, 0.15) is 37.7 Å². The van der Waals surface area contributed by atoms with Gasteiger partial charge in [-0.3, -0.25) is 14.3 Å². The van der Waals surface area contributed by atoms with Gasteiger partial charge < -0.3 is 10.4 Å². The van der Waals surface area contributed by atoms with Gasteiger partial charge in [-0.05, 0) is 26.7 Å². The fourth-order valence-electron chi connectivity index (χ4n) is 2.03. The van der Waals surface area contributed by atoms with Crippen molar-refractivity contribution >= 4 is 11.9 Å². The molecule has 1 aromatic rings. The zero-order chi connectivity index (χ0) is 15.4. The highest BCUT2D eigenvalue weighted by atomic mass is 16.4. The summed E-state index contributed by atoms with van der Waals surface area (Å²) < 4.78 is 1.91. The largest absolute Gasteiger partial charge is 0.480 e. The monoisotopic (exact) mass is 281 g/mol. The minimum absolute atomic E-state index is 0.160. The summed E-state index contributed by atoms with van der Waals surface area (Å²) in [4.78, 5) is 22.6. The number of hydrogen-bond acceptors (Lipinski definition) is 3. The number of aliphatic carboxylic acids is 1. The van der Waals surface area contributed by atoms with Crippen LogP contribution in [0.5, 0.6) is 0 Å². The lowest BCUT2D eigenvalue weighted by Gasteiger charge is -2.10. The van der Waals surface area contributed by atoms with Gasteiger partial charge in [0.2, 0.25) is 5.91 Å². The van der Waals surface area contributed by atoms with Gasteiger partial charge in [0.15, 0.2) is 0 Å². The minimum atomic E-state index is -1.04. The van der Waals surface area contributed by atoms with Gasteiger partial charge in [-0.15, -0.1) is 0 Å². The van der Waals surface area contributed by atoms with Crippen LogP contribution in [0.15, 0.2) is 0 Å². The van der Waals surface area contributed by atoms with Crippen molar-refractivity contribution in [2.24, 2.45) is 5.92 Å². The number of amides is 1. The number of nitrogens with one attached hydrogen (secondary N) is 1. The molecule has 112 valence electrons. The fraction of sp³-hybridized carbons (Fsp3) is 0.643. The molecule has 2 N–H and O–H groups in total. The van der Waals surface area contributed by atoms with Crippen LogP contribution in [-0.2, 0) is 22.6 Å². The molecule has 0 fully saturated rings. The normalized spacial score (nSPS) is 12.5. The molecule has 1 unspecified atom stereocenters. The van der Waals surface area contributed by atoms with Gasteiger partial charge in [-0.2, -0.15) is 5.10 Å². The van der Waals surface area contributed by atoms with Crippen molar-refractivity contribution in [3.8, 4) is 0 Å². The van der Waals surface area contributed by atoms with E-state index in [4.69, 9.17) is 5.11 Å². The Balaban J connectivity index is 2.80. The van der Waals surface area contributed by atoms with E-state index in [0.29, 0.717) is 5.92 Å². The molecule has 1 aromatic heterocycles. The third-order valence-electron chi connectivity index (χ3n) is 3.15. The second-order valence-corrected chi connectivity index (χ2v) is 5.53. The lowest BCUT2D eigenvalue weighted by Crippen LogP contribution is -2.39. The molecular formula is C14H23N3O3. The Morgan fingerprint density at radius 3 is 2.40 bits per heavy atom. The lowest BCUT2D eigenvalue weighted by atomic mass is 10.1. The molecule has 0 aliphatic heterocycles. The average Bonchev–Trinajstić information content (AvgIpc) is 2.56. The number of hydrogen-bond donors (Lipinski definition) is 2. The summed E-state index contributed by atoms with van der Waals surface area (Å²) >= 11 is 0. The van der Waals surface area contributed by atoms with E-state index in [1.54, 1.807) is 0 Å². The summed E-state index contributed by atoms with van der Waals surface area (Å²) in [6.07, 6.45) is 0.160. The highest BCUT2D eigenvalue weighted by Gasteiger charge is 2.18. The number of carboxylic acids is 1. The van der Waals surface area contributed by atoms with Crippen molar-refractivity contribution in [2.75, 3.05) is 0 Å². The van der Waals surface area contributed by atoms with Crippen molar-refractivity contribution in [3.63, 3.8) is 0 Å². The molecule has 0 radical (unpaired) electrons. The summed E-state index contributed by atoms with van der Waals surface area (Å²) in [5.41, 5.74) is 2.66. The zero-order valence-electron chi connectivity index (χ0n) is 12.7. The van der Waals surface area contributed by atoms with Crippen LogP contribution in [0.25, 0.3) is 0 Å². The zero-order valence-corrected chi connectivity index (χ0v) is 12.7. The Labute approximate surface area is 119 Å². The number of carbonyl (C=O) groups excluding carboxylic acids is 1. The van der Waals surface area contributed by atoms with E-state index < -0.39 is 12.0 Å². The molecule has 0 aliphatic carbocycles. The topological polar surface area (TPSA) is 84.2 Å². The quantitative estimate of drug-likeness (QED) is 0.823. The van der Waals surface area contributed by atoms with Gasteiger partial charge in [0.25, 0.3) is 0 Å². The first-order chi connectivity index (χ1) is 9.22. The molecule has 6 heteroatoms. The van der Waals surface area contributed by atoms with Gasteiger partial charge in [0, 0.05) is 17.8 Å². The molecule has 0 bridgehead atoms. The van der Waals surface area contributed by atoms with Crippen LogP contribution in [0.3, 0.4) is 0 Å². The summed E-state index contributed by atoms with van der Waals surface area (Å²) in [6.45, 7) is 10.3. The van der Waals surface area contributed by atoms with Crippen molar-refractivity contribution in [2.45, 2.75) is 53.6 Å². The SMILES string of the molecule is Cc1nn(CC(C)C)c(C)c1CC(=O)NC(C)C(=O)O. The number of aromatic nitrogens is 2. The third kappa shape index (κ3) is 4.08. The van der Waals surface area contributed by atoms with Gasteiger partial charge in [0.1, 0.15) is 6.04 Å². The van der Waals surface area contributed by atoms with Gasteiger partial charge >= 0.3 is 5.97 Å². The summed E-state index contributed by atoms with van der Waals surface area (Å²) in [7, 11) is 0. The fourth-order valence-corrected chi connectivity index (χ4v) is 2.03. The first-order valence-electron chi connectivity index (χ1n) is 6.77. The maximum absolute atomic E-state index is 11.9. The van der Waals surface area contributed by atoms with E-state index in [1.165, 1.54) is 6.92 Å². The van der Waals surface area contributed by atoms with E-state index in [0.717, 1.165) is 23.5 Å². The molecule has 1 heterocycles. The van der Waals surface area contributed by atoms with Crippen LogP contribution in [-0.4, -0.2) is 32.8 Å². The third-order valence-corrected chi connectivity index (χ3v) is 3.15. The number of carbonyl (C=O) groups is 2. The molecule has 20 heavy (non-hydrogen) atoms. The summed E-state index contributed by atoms with van der Waals surface area (Å²) in [5, 5.41) is 15.7. The maximum Gasteiger partial charge on any atom is 0.325 e. The molecule has 1 amide bonds. The molecule has 0 spiro atoms. The second kappa shape index (κ2) is 6.54. The Kier molecular flexibility index (Phi) is 5.30. The van der Waals surface area contributed by atoms with Crippen LogP contribution >= 0.6 is 0 Å². The van der Waals surface area contributed by atoms with Gasteiger partial charge in [0.05, 0.1) is 12.1 Å². The van der Waals surface area contributed by atoms with E-state index in [-0.39, 0.29) is 12.3 Å². The van der Waals surface area contributed by atoms with Crippen molar-refractivity contribution in [3.05, 3.63) is 17.0 Å². The van der Waals surface area contributed by atoms with E-state index in [1.807, 2.05) is 18.5 Å². The maximum atomic E-state index is 11.9. The Hall–Kier alpha value is -1.85. The standard InChI is InChI=1S/C14H23N3O3/c1-8(2)7-17-11(5)12(9(3)16-17)6-13(18)15-10(4)14(19)20/h8,10H,6-7H2,1-5H3,(H,15,18)(H,19,20). The molecule has 1 rings (SSSR count). The van der Waals surface area contributed by atoms with Crippen molar-refractivity contribution in [1.29, 1.82) is 0 Å². The van der Waals surface area contributed by atoms with Gasteiger partial charge in [-0.1, -0.05) is 13.8 Å². The van der Waals surface area contributed by atoms with Crippen LogP contribution in [0, 0.1) is 19.8 Å². The van der Waals surface area contributed by atoms with Crippen molar-refractivity contribution < 1.29 is 14.7 Å². The first-order valence-corrected chi connectivity index (χ1v) is 6.77. The predicted octanol–water partition coefficient (Wildman–Crippen LogP) is 1.29.